The molecule has 3 rings (SSSR count). The average Bonchev–Trinajstić information content (AvgIpc) is 3.10. The molecule has 0 bridgehead atoms. The van der Waals surface area contributed by atoms with E-state index < -0.39 is 0 Å². The molecule has 2 aromatic rings. The monoisotopic (exact) mass is 270 g/mol. The Bertz CT molecular complexity index is 534. The van der Waals surface area contributed by atoms with Crippen molar-refractivity contribution in [3.8, 4) is 5.69 Å². The lowest BCUT2D eigenvalue weighted by molar-refractivity contribution is 0.306. The van der Waals surface area contributed by atoms with E-state index in [0.29, 0.717) is 0 Å². The summed E-state index contributed by atoms with van der Waals surface area (Å²) in [5.41, 5.74) is 1.19. The van der Waals surface area contributed by atoms with Crippen LogP contribution >= 0.6 is 0 Å². The predicted molar refractivity (Wildman–Crippen MR) is 80.9 cm³/mol. The van der Waals surface area contributed by atoms with Crippen LogP contribution in [0.3, 0.4) is 0 Å². The van der Waals surface area contributed by atoms with Crippen LogP contribution < -0.4 is 5.32 Å². The highest BCUT2D eigenvalue weighted by molar-refractivity contribution is 5.32. The maximum atomic E-state index is 4.53. The van der Waals surface area contributed by atoms with Gasteiger partial charge in [0.25, 0.3) is 0 Å². The van der Waals surface area contributed by atoms with Gasteiger partial charge in [-0.05, 0) is 44.6 Å². The van der Waals surface area contributed by atoms with E-state index >= 15 is 0 Å². The van der Waals surface area contributed by atoms with E-state index in [1.54, 1.807) is 0 Å². The number of nitrogens with zero attached hydrogens (tertiary/aromatic N) is 3. The number of hydrogen-bond donors (Lipinski definition) is 1. The number of rotatable bonds is 5. The minimum absolute atomic E-state index is 0.778. The largest absolute Gasteiger partial charge is 0.319 e. The van der Waals surface area contributed by atoms with Crippen molar-refractivity contribution >= 4 is 0 Å². The molecule has 0 spiro atoms. The Morgan fingerprint density at radius 2 is 2.15 bits per heavy atom. The molecule has 1 aliphatic heterocycles. The van der Waals surface area contributed by atoms with E-state index in [-0.39, 0.29) is 0 Å². The summed E-state index contributed by atoms with van der Waals surface area (Å²) in [7, 11) is 2.03. The molecule has 1 atom stereocenters. The van der Waals surface area contributed by atoms with Crippen LogP contribution in [-0.2, 0) is 6.54 Å². The molecule has 1 aliphatic rings. The van der Waals surface area contributed by atoms with Gasteiger partial charge in [0.1, 0.15) is 5.82 Å². The number of hydrogen-bond acceptors (Lipinski definition) is 3. The molecule has 0 amide bonds. The second-order valence-corrected chi connectivity index (χ2v) is 5.50. The van der Waals surface area contributed by atoms with Crippen LogP contribution in [0, 0.1) is 5.92 Å². The lowest BCUT2D eigenvalue weighted by atomic mass is 10.1. The van der Waals surface area contributed by atoms with Crippen LogP contribution in [0.5, 0.6) is 0 Å². The van der Waals surface area contributed by atoms with Crippen molar-refractivity contribution in [1.29, 1.82) is 0 Å². The van der Waals surface area contributed by atoms with Crippen molar-refractivity contribution in [3.05, 3.63) is 48.5 Å². The van der Waals surface area contributed by atoms with Gasteiger partial charge in [-0.25, -0.2) is 4.98 Å². The Morgan fingerprint density at radius 3 is 2.95 bits per heavy atom. The van der Waals surface area contributed by atoms with E-state index in [4.69, 9.17) is 0 Å². The number of aromatic nitrogens is 2. The Balaban J connectivity index is 1.69. The Labute approximate surface area is 120 Å². The topological polar surface area (TPSA) is 33.1 Å². The zero-order valence-electron chi connectivity index (χ0n) is 12.0. The van der Waals surface area contributed by atoms with Crippen molar-refractivity contribution in [3.63, 3.8) is 0 Å². The first kappa shape index (κ1) is 13.3. The van der Waals surface area contributed by atoms with Crippen molar-refractivity contribution in [2.45, 2.75) is 13.0 Å². The molecule has 4 nitrogen and oxygen atoms in total. The smallest absolute Gasteiger partial charge is 0.127 e. The maximum absolute atomic E-state index is 4.53. The van der Waals surface area contributed by atoms with Gasteiger partial charge >= 0.3 is 0 Å². The second-order valence-electron chi connectivity index (χ2n) is 5.50. The van der Waals surface area contributed by atoms with Crippen LogP contribution in [0.1, 0.15) is 12.2 Å². The molecule has 1 saturated heterocycles. The van der Waals surface area contributed by atoms with Gasteiger partial charge in [-0.15, -0.1) is 0 Å². The summed E-state index contributed by atoms with van der Waals surface area (Å²) in [6.07, 6.45) is 5.22. The fourth-order valence-electron chi connectivity index (χ4n) is 2.99. The lowest BCUT2D eigenvalue weighted by Gasteiger charge is -2.16. The minimum atomic E-state index is 0.778. The molecule has 1 aromatic heterocycles. The Hall–Kier alpha value is -1.65. The second kappa shape index (κ2) is 6.20. The fourth-order valence-corrected chi connectivity index (χ4v) is 2.99. The Kier molecular flexibility index (Phi) is 4.14. The van der Waals surface area contributed by atoms with Gasteiger partial charge in [0.15, 0.2) is 0 Å². The number of likely N-dealkylation sites (tertiary alicyclic amines) is 1. The van der Waals surface area contributed by atoms with Gasteiger partial charge in [-0.3, -0.25) is 4.90 Å². The average molecular weight is 270 g/mol. The van der Waals surface area contributed by atoms with Crippen molar-refractivity contribution < 1.29 is 0 Å². The molecular weight excluding hydrogens is 248 g/mol. The standard InChI is InChI=1S/C16H22N4/c1-17-11-14-7-9-19(12-14)13-16-18-8-10-20(16)15-5-3-2-4-6-15/h2-6,8,10,14,17H,7,9,11-13H2,1H3. The molecule has 0 saturated carbocycles. The predicted octanol–water partition coefficient (Wildman–Crippen LogP) is 1.91. The van der Waals surface area contributed by atoms with E-state index in [1.807, 2.05) is 25.5 Å². The molecular formula is C16H22N4. The van der Waals surface area contributed by atoms with Crippen LogP contribution in [0.4, 0.5) is 0 Å². The van der Waals surface area contributed by atoms with Crippen LogP contribution in [-0.4, -0.2) is 41.1 Å². The summed E-state index contributed by atoms with van der Waals surface area (Å²) < 4.78 is 2.19. The summed E-state index contributed by atoms with van der Waals surface area (Å²) in [4.78, 5) is 7.04. The number of imidazole rings is 1. The van der Waals surface area contributed by atoms with E-state index in [2.05, 4.69) is 44.0 Å². The lowest BCUT2D eigenvalue weighted by Crippen LogP contribution is -2.25. The first-order valence-corrected chi connectivity index (χ1v) is 7.31. The highest BCUT2D eigenvalue weighted by Crippen LogP contribution is 2.19. The number of benzene rings is 1. The molecule has 0 aliphatic carbocycles. The van der Waals surface area contributed by atoms with Crippen molar-refractivity contribution in [1.82, 2.24) is 19.8 Å². The third kappa shape index (κ3) is 2.92. The maximum Gasteiger partial charge on any atom is 0.127 e. The zero-order chi connectivity index (χ0) is 13.8. The van der Waals surface area contributed by atoms with Gasteiger partial charge in [0.05, 0.1) is 6.54 Å². The highest BCUT2D eigenvalue weighted by Gasteiger charge is 2.22. The molecule has 4 heteroatoms. The molecule has 1 N–H and O–H groups in total. The summed E-state index contributed by atoms with van der Waals surface area (Å²) in [5.74, 6) is 1.90. The first-order chi connectivity index (χ1) is 9.86. The summed E-state index contributed by atoms with van der Waals surface area (Å²) >= 11 is 0. The highest BCUT2D eigenvalue weighted by atomic mass is 15.2. The fraction of sp³-hybridized carbons (Fsp3) is 0.438. The van der Waals surface area contributed by atoms with Crippen molar-refractivity contribution in [2.24, 2.45) is 5.92 Å². The molecule has 20 heavy (non-hydrogen) atoms. The van der Waals surface area contributed by atoms with Crippen LogP contribution in [0.25, 0.3) is 5.69 Å². The van der Waals surface area contributed by atoms with Crippen molar-refractivity contribution in [2.75, 3.05) is 26.7 Å². The Morgan fingerprint density at radius 1 is 1.30 bits per heavy atom. The minimum Gasteiger partial charge on any atom is -0.319 e. The quantitative estimate of drug-likeness (QED) is 0.901. The number of nitrogens with one attached hydrogen (secondary N) is 1. The molecule has 1 unspecified atom stereocenters. The van der Waals surface area contributed by atoms with Crippen LogP contribution in [0.15, 0.2) is 42.7 Å². The van der Waals surface area contributed by atoms with Crippen LogP contribution in [0.2, 0.25) is 0 Å². The summed E-state index contributed by atoms with van der Waals surface area (Å²) in [6, 6.07) is 10.4. The van der Waals surface area contributed by atoms with Gasteiger partial charge < -0.3 is 9.88 Å². The zero-order valence-corrected chi connectivity index (χ0v) is 12.0. The van der Waals surface area contributed by atoms with E-state index in [0.717, 1.165) is 24.8 Å². The molecule has 1 fully saturated rings. The third-order valence-corrected chi connectivity index (χ3v) is 3.98. The van der Waals surface area contributed by atoms with Gasteiger partial charge in [-0.1, -0.05) is 18.2 Å². The first-order valence-electron chi connectivity index (χ1n) is 7.31. The molecule has 2 heterocycles. The van der Waals surface area contributed by atoms with E-state index in [9.17, 15) is 0 Å². The molecule has 1 aromatic carbocycles. The third-order valence-electron chi connectivity index (χ3n) is 3.98. The normalized spacial score (nSPS) is 19.6. The van der Waals surface area contributed by atoms with Gasteiger partial charge in [0.2, 0.25) is 0 Å². The van der Waals surface area contributed by atoms with E-state index in [1.165, 1.54) is 25.2 Å². The summed E-state index contributed by atoms with van der Waals surface area (Å²) in [5, 5.41) is 3.28. The van der Waals surface area contributed by atoms with Gasteiger partial charge in [0, 0.05) is 24.6 Å². The summed E-state index contributed by atoms with van der Waals surface area (Å²) in [6.45, 7) is 4.39. The van der Waals surface area contributed by atoms with Gasteiger partial charge in [-0.2, -0.15) is 0 Å². The number of para-hydroxylation sites is 1. The molecule has 0 radical (unpaired) electrons. The molecule has 106 valence electrons. The SMILES string of the molecule is CNCC1CCN(Cc2nccn2-c2ccccc2)C1.